The topological polar surface area (TPSA) is 75.9 Å². The molecule has 1 aliphatic heterocycles. The zero-order chi connectivity index (χ0) is 17.5. The molecule has 24 heavy (non-hydrogen) atoms. The van der Waals surface area contributed by atoms with Crippen molar-refractivity contribution in [1.29, 1.82) is 0 Å². The maximum atomic E-state index is 12.3. The summed E-state index contributed by atoms with van der Waals surface area (Å²) >= 11 is 1.70. The molecule has 0 unspecified atom stereocenters. The number of esters is 1. The molecule has 1 heterocycles. The van der Waals surface area contributed by atoms with Gasteiger partial charge in [0.05, 0.1) is 18.7 Å². The van der Waals surface area contributed by atoms with Gasteiger partial charge in [-0.3, -0.25) is 4.79 Å². The Hall–Kier alpha value is -1.73. The SMILES string of the molecule is COC(=O)c1ccc(N2CCN(C(=O)[C@@H](N)CCSC)CC2)cc1. The summed E-state index contributed by atoms with van der Waals surface area (Å²) in [6, 6.07) is 6.94. The smallest absolute Gasteiger partial charge is 0.337 e. The van der Waals surface area contributed by atoms with E-state index in [1.807, 2.05) is 23.3 Å². The van der Waals surface area contributed by atoms with Crippen LogP contribution in [0.15, 0.2) is 24.3 Å². The fourth-order valence-corrected chi connectivity index (χ4v) is 3.20. The molecule has 1 fully saturated rings. The van der Waals surface area contributed by atoms with Gasteiger partial charge in [-0.25, -0.2) is 4.79 Å². The van der Waals surface area contributed by atoms with Gasteiger partial charge in [0, 0.05) is 31.9 Å². The molecule has 1 amide bonds. The molecule has 0 aromatic heterocycles. The van der Waals surface area contributed by atoms with Gasteiger partial charge in [0.15, 0.2) is 0 Å². The quantitative estimate of drug-likeness (QED) is 0.776. The molecule has 1 aliphatic rings. The van der Waals surface area contributed by atoms with Crippen LogP contribution in [-0.4, -0.2) is 68.1 Å². The predicted octanol–water partition coefficient (Wildman–Crippen LogP) is 1.20. The highest BCUT2D eigenvalue weighted by atomic mass is 32.2. The van der Waals surface area contributed by atoms with Gasteiger partial charge in [-0.1, -0.05) is 0 Å². The maximum Gasteiger partial charge on any atom is 0.337 e. The number of anilines is 1. The first-order valence-corrected chi connectivity index (χ1v) is 9.43. The Balaban J connectivity index is 1.88. The van der Waals surface area contributed by atoms with E-state index in [0.717, 1.165) is 31.0 Å². The first kappa shape index (κ1) is 18.6. The molecular formula is C17H25N3O3S. The van der Waals surface area contributed by atoms with Crippen molar-refractivity contribution in [3.63, 3.8) is 0 Å². The van der Waals surface area contributed by atoms with Gasteiger partial charge in [0.1, 0.15) is 0 Å². The number of hydrogen-bond donors (Lipinski definition) is 1. The molecule has 2 N–H and O–H groups in total. The monoisotopic (exact) mass is 351 g/mol. The number of ether oxygens (including phenoxy) is 1. The molecule has 2 rings (SSSR count). The zero-order valence-corrected chi connectivity index (χ0v) is 15.1. The van der Waals surface area contributed by atoms with Crippen molar-refractivity contribution in [2.75, 3.05) is 50.2 Å². The highest BCUT2D eigenvalue weighted by Crippen LogP contribution is 2.18. The number of rotatable bonds is 6. The fourth-order valence-electron chi connectivity index (χ4n) is 2.71. The molecular weight excluding hydrogens is 326 g/mol. The second kappa shape index (κ2) is 8.94. The van der Waals surface area contributed by atoms with Gasteiger partial charge in [-0.05, 0) is 42.7 Å². The van der Waals surface area contributed by atoms with Crippen LogP contribution < -0.4 is 10.6 Å². The number of carbonyl (C=O) groups excluding carboxylic acids is 2. The molecule has 0 saturated carbocycles. The summed E-state index contributed by atoms with van der Waals surface area (Å²) in [5, 5.41) is 0. The Morgan fingerprint density at radius 2 is 1.83 bits per heavy atom. The van der Waals surface area contributed by atoms with E-state index >= 15 is 0 Å². The van der Waals surface area contributed by atoms with Gasteiger partial charge < -0.3 is 20.3 Å². The minimum absolute atomic E-state index is 0.0461. The lowest BCUT2D eigenvalue weighted by Gasteiger charge is -2.37. The van der Waals surface area contributed by atoms with Gasteiger partial charge >= 0.3 is 5.97 Å². The number of benzene rings is 1. The van der Waals surface area contributed by atoms with Crippen molar-refractivity contribution in [1.82, 2.24) is 4.90 Å². The Morgan fingerprint density at radius 3 is 2.38 bits per heavy atom. The average Bonchev–Trinajstić information content (AvgIpc) is 2.65. The molecule has 132 valence electrons. The molecule has 7 heteroatoms. The van der Waals surface area contributed by atoms with Crippen LogP contribution in [0.1, 0.15) is 16.8 Å². The first-order valence-electron chi connectivity index (χ1n) is 8.03. The lowest BCUT2D eigenvalue weighted by atomic mass is 10.1. The molecule has 1 aromatic carbocycles. The Bertz CT molecular complexity index is 557. The number of amides is 1. The third-order valence-electron chi connectivity index (χ3n) is 4.20. The van der Waals surface area contributed by atoms with Gasteiger partial charge in [-0.2, -0.15) is 11.8 Å². The number of carbonyl (C=O) groups is 2. The van der Waals surface area contributed by atoms with Crippen molar-refractivity contribution >= 4 is 29.3 Å². The number of nitrogens with zero attached hydrogens (tertiary/aromatic N) is 2. The van der Waals surface area contributed by atoms with E-state index in [1.165, 1.54) is 7.11 Å². The standard InChI is InChI=1S/C17H25N3O3S/c1-23-17(22)13-3-5-14(6-4-13)19-8-10-20(11-9-19)16(21)15(18)7-12-24-2/h3-6,15H,7-12,18H2,1-2H3/t15-/m0/s1. The van der Waals surface area contributed by atoms with E-state index in [4.69, 9.17) is 10.5 Å². The van der Waals surface area contributed by atoms with Crippen LogP contribution >= 0.6 is 11.8 Å². The molecule has 0 spiro atoms. The molecule has 1 saturated heterocycles. The number of hydrogen-bond acceptors (Lipinski definition) is 6. The Kier molecular flexibility index (Phi) is 6.93. The molecule has 0 radical (unpaired) electrons. The van der Waals surface area contributed by atoms with Crippen molar-refractivity contribution in [2.45, 2.75) is 12.5 Å². The fraction of sp³-hybridized carbons (Fsp3) is 0.529. The van der Waals surface area contributed by atoms with Crippen molar-refractivity contribution in [2.24, 2.45) is 5.73 Å². The summed E-state index contributed by atoms with van der Waals surface area (Å²) < 4.78 is 4.70. The molecule has 6 nitrogen and oxygen atoms in total. The average molecular weight is 351 g/mol. The second-order valence-electron chi connectivity index (χ2n) is 5.74. The molecule has 1 aromatic rings. The van der Waals surface area contributed by atoms with Crippen molar-refractivity contribution < 1.29 is 14.3 Å². The van der Waals surface area contributed by atoms with Crippen LogP contribution in [0.5, 0.6) is 0 Å². The van der Waals surface area contributed by atoms with Gasteiger partial charge in [0.2, 0.25) is 5.91 Å². The van der Waals surface area contributed by atoms with Crippen LogP contribution in [0, 0.1) is 0 Å². The van der Waals surface area contributed by atoms with Crippen LogP contribution in [0.2, 0.25) is 0 Å². The Morgan fingerprint density at radius 1 is 1.21 bits per heavy atom. The van der Waals surface area contributed by atoms with E-state index in [2.05, 4.69) is 4.90 Å². The predicted molar refractivity (Wildman–Crippen MR) is 97.5 cm³/mol. The number of nitrogens with two attached hydrogens (primary N) is 1. The van der Waals surface area contributed by atoms with E-state index in [9.17, 15) is 9.59 Å². The minimum Gasteiger partial charge on any atom is -0.465 e. The summed E-state index contributed by atoms with van der Waals surface area (Å²) in [4.78, 5) is 27.8. The van der Waals surface area contributed by atoms with Gasteiger partial charge in [0.25, 0.3) is 0 Å². The van der Waals surface area contributed by atoms with E-state index < -0.39 is 6.04 Å². The zero-order valence-electron chi connectivity index (χ0n) is 14.2. The minimum atomic E-state index is -0.400. The summed E-state index contributed by atoms with van der Waals surface area (Å²) in [6.07, 6.45) is 2.73. The number of piperazine rings is 1. The number of methoxy groups -OCH3 is 1. The normalized spacial score (nSPS) is 16.0. The lowest BCUT2D eigenvalue weighted by Crippen LogP contribution is -2.53. The van der Waals surface area contributed by atoms with Crippen molar-refractivity contribution in [3.8, 4) is 0 Å². The third kappa shape index (κ3) is 4.64. The summed E-state index contributed by atoms with van der Waals surface area (Å²) in [7, 11) is 1.37. The maximum absolute atomic E-state index is 12.3. The second-order valence-corrected chi connectivity index (χ2v) is 6.72. The molecule has 0 bridgehead atoms. The third-order valence-corrected chi connectivity index (χ3v) is 4.84. The van der Waals surface area contributed by atoms with E-state index in [0.29, 0.717) is 18.7 Å². The first-order chi connectivity index (χ1) is 11.6. The summed E-state index contributed by atoms with van der Waals surface area (Å²) in [5.74, 6) is 0.611. The van der Waals surface area contributed by atoms with Crippen LogP contribution in [0.25, 0.3) is 0 Å². The highest BCUT2D eigenvalue weighted by molar-refractivity contribution is 7.98. The van der Waals surface area contributed by atoms with Crippen molar-refractivity contribution in [3.05, 3.63) is 29.8 Å². The van der Waals surface area contributed by atoms with Crippen LogP contribution in [0.3, 0.4) is 0 Å². The largest absolute Gasteiger partial charge is 0.465 e. The van der Waals surface area contributed by atoms with E-state index in [-0.39, 0.29) is 11.9 Å². The Labute approximate surface area is 147 Å². The summed E-state index contributed by atoms with van der Waals surface area (Å²) in [6.45, 7) is 2.87. The lowest BCUT2D eigenvalue weighted by molar-refractivity contribution is -0.132. The summed E-state index contributed by atoms with van der Waals surface area (Å²) in [5.41, 5.74) is 7.56. The van der Waals surface area contributed by atoms with Gasteiger partial charge in [-0.15, -0.1) is 0 Å². The van der Waals surface area contributed by atoms with Crippen LogP contribution in [-0.2, 0) is 9.53 Å². The van der Waals surface area contributed by atoms with E-state index in [1.54, 1.807) is 23.9 Å². The molecule has 1 atom stereocenters. The highest BCUT2D eigenvalue weighted by Gasteiger charge is 2.25. The molecule has 0 aliphatic carbocycles. The van der Waals surface area contributed by atoms with Crippen LogP contribution in [0.4, 0.5) is 5.69 Å². The number of thioether (sulfide) groups is 1.